The third kappa shape index (κ3) is 4.38. The molecule has 25 heavy (non-hydrogen) atoms. The molecule has 2 atom stereocenters. The molecular formula is C19H24N2O3S. The predicted octanol–water partition coefficient (Wildman–Crippen LogP) is 3.59. The van der Waals surface area contributed by atoms with Gasteiger partial charge in [-0.3, -0.25) is 4.79 Å². The summed E-state index contributed by atoms with van der Waals surface area (Å²) in [5.41, 5.74) is 1.96. The van der Waals surface area contributed by atoms with Crippen LogP contribution in [0.15, 0.2) is 24.3 Å². The molecule has 2 heterocycles. The first-order valence-electron chi connectivity index (χ1n) is 8.53. The first-order chi connectivity index (χ1) is 11.9. The number of rotatable bonds is 4. The Balaban J connectivity index is 1.67. The zero-order valence-electron chi connectivity index (χ0n) is 15.1. The largest absolute Gasteiger partial charge is 0.486 e. The van der Waals surface area contributed by atoms with Crippen LogP contribution >= 0.6 is 11.3 Å². The van der Waals surface area contributed by atoms with E-state index in [1.807, 2.05) is 56.9 Å². The summed E-state index contributed by atoms with van der Waals surface area (Å²) in [5.74, 6) is 0.848. The number of hydrogen-bond acceptors (Lipinski definition) is 5. The molecular weight excluding hydrogens is 336 g/mol. The van der Waals surface area contributed by atoms with Crippen LogP contribution in [0.1, 0.15) is 39.8 Å². The zero-order valence-corrected chi connectivity index (χ0v) is 15.9. The molecule has 2 aromatic rings. The van der Waals surface area contributed by atoms with Crippen molar-refractivity contribution in [3.05, 3.63) is 45.4 Å². The van der Waals surface area contributed by atoms with Crippen molar-refractivity contribution >= 4 is 17.2 Å². The molecule has 1 fully saturated rings. The highest BCUT2D eigenvalue weighted by molar-refractivity contribution is 7.13. The van der Waals surface area contributed by atoms with Gasteiger partial charge in [-0.2, -0.15) is 0 Å². The lowest BCUT2D eigenvalue weighted by molar-refractivity contribution is -0.0585. The summed E-state index contributed by atoms with van der Waals surface area (Å²) in [6.07, 6.45) is 0.121. The van der Waals surface area contributed by atoms with Gasteiger partial charge in [0.05, 0.1) is 17.9 Å². The van der Waals surface area contributed by atoms with Crippen molar-refractivity contribution in [3.63, 3.8) is 0 Å². The number of amides is 1. The minimum absolute atomic E-state index is 0.0404. The lowest BCUT2D eigenvalue weighted by atomic mass is 10.2. The number of nitrogens with zero attached hydrogens (tertiary/aromatic N) is 2. The Bertz CT molecular complexity index is 732. The molecule has 1 amide bonds. The molecule has 1 aromatic carbocycles. The second-order valence-electron chi connectivity index (χ2n) is 6.59. The number of benzene rings is 1. The van der Waals surface area contributed by atoms with E-state index >= 15 is 0 Å². The second-order valence-corrected chi connectivity index (χ2v) is 7.67. The Kier molecular flexibility index (Phi) is 5.39. The van der Waals surface area contributed by atoms with E-state index in [2.05, 4.69) is 4.98 Å². The van der Waals surface area contributed by atoms with Crippen molar-refractivity contribution in [1.29, 1.82) is 0 Å². The molecule has 1 aromatic heterocycles. The molecule has 5 nitrogen and oxygen atoms in total. The first kappa shape index (κ1) is 17.9. The summed E-state index contributed by atoms with van der Waals surface area (Å²) in [6.45, 7) is 9.53. The molecule has 0 spiro atoms. The van der Waals surface area contributed by atoms with E-state index in [0.29, 0.717) is 24.6 Å². The van der Waals surface area contributed by atoms with E-state index in [0.717, 1.165) is 16.5 Å². The quantitative estimate of drug-likeness (QED) is 0.836. The number of aryl methyl sites for hydroxylation is 2. The molecule has 1 saturated heterocycles. The van der Waals surface area contributed by atoms with Crippen molar-refractivity contribution < 1.29 is 14.3 Å². The van der Waals surface area contributed by atoms with Gasteiger partial charge in [-0.25, -0.2) is 4.98 Å². The van der Waals surface area contributed by atoms with Crippen LogP contribution in [-0.4, -0.2) is 41.1 Å². The van der Waals surface area contributed by atoms with Crippen LogP contribution in [0.3, 0.4) is 0 Å². The maximum Gasteiger partial charge on any atom is 0.266 e. The monoisotopic (exact) mass is 360 g/mol. The average molecular weight is 360 g/mol. The summed E-state index contributed by atoms with van der Waals surface area (Å²) in [5, 5.41) is 0.816. The highest BCUT2D eigenvalue weighted by atomic mass is 32.1. The second kappa shape index (κ2) is 7.54. The summed E-state index contributed by atoms with van der Waals surface area (Å²) in [7, 11) is 0. The highest BCUT2D eigenvalue weighted by Gasteiger charge is 2.28. The number of aromatic nitrogens is 1. The van der Waals surface area contributed by atoms with Gasteiger partial charge < -0.3 is 14.4 Å². The number of hydrogen-bond donors (Lipinski definition) is 0. The Hall–Kier alpha value is -1.92. The summed E-state index contributed by atoms with van der Waals surface area (Å²) >= 11 is 1.42. The third-order valence-electron chi connectivity index (χ3n) is 4.13. The standard InChI is InChI=1S/C19H24N2O3S/c1-12-5-7-16(8-6-12)23-11-17-20-15(4)18(25-17)19(22)21-9-13(2)24-14(3)10-21/h5-8,13-14H,9-11H2,1-4H3. The zero-order chi connectivity index (χ0) is 18.0. The molecule has 1 aliphatic heterocycles. The van der Waals surface area contributed by atoms with Crippen molar-refractivity contribution in [2.45, 2.75) is 46.5 Å². The minimum Gasteiger partial charge on any atom is -0.486 e. The summed E-state index contributed by atoms with van der Waals surface area (Å²) in [4.78, 5) is 19.9. The summed E-state index contributed by atoms with van der Waals surface area (Å²) < 4.78 is 11.5. The molecule has 0 radical (unpaired) electrons. The lowest BCUT2D eigenvalue weighted by Gasteiger charge is -2.35. The fourth-order valence-electron chi connectivity index (χ4n) is 2.98. The molecule has 1 aliphatic rings. The Morgan fingerprint density at radius 1 is 1.24 bits per heavy atom. The first-order valence-corrected chi connectivity index (χ1v) is 9.34. The van der Waals surface area contributed by atoms with Crippen LogP contribution in [0.5, 0.6) is 5.75 Å². The molecule has 2 unspecified atom stereocenters. The van der Waals surface area contributed by atoms with Crippen LogP contribution in [0.4, 0.5) is 0 Å². The van der Waals surface area contributed by atoms with Crippen molar-refractivity contribution in [2.75, 3.05) is 13.1 Å². The van der Waals surface area contributed by atoms with E-state index in [1.54, 1.807) is 0 Å². The van der Waals surface area contributed by atoms with Gasteiger partial charge in [0.15, 0.2) is 0 Å². The van der Waals surface area contributed by atoms with Crippen LogP contribution in [0.25, 0.3) is 0 Å². The van der Waals surface area contributed by atoms with Gasteiger partial charge in [0.1, 0.15) is 22.2 Å². The highest BCUT2D eigenvalue weighted by Crippen LogP contribution is 2.23. The third-order valence-corrected chi connectivity index (χ3v) is 5.24. The van der Waals surface area contributed by atoms with E-state index in [9.17, 15) is 4.79 Å². The lowest BCUT2D eigenvalue weighted by Crippen LogP contribution is -2.48. The minimum atomic E-state index is 0.0404. The smallest absolute Gasteiger partial charge is 0.266 e. The van der Waals surface area contributed by atoms with E-state index in [-0.39, 0.29) is 18.1 Å². The van der Waals surface area contributed by atoms with Crippen LogP contribution in [0, 0.1) is 13.8 Å². The maximum absolute atomic E-state index is 12.8. The fraction of sp³-hybridized carbons (Fsp3) is 0.474. The Labute approximate surface area is 152 Å². The molecule has 0 aliphatic carbocycles. The number of ether oxygens (including phenoxy) is 2. The van der Waals surface area contributed by atoms with Gasteiger partial charge in [-0.1, -0.05) is 17.7 Å². The van der Waals surface area contributed by atoms with E-state index in [1.165, 1.54) is 16.9 Å². The van der Waals surface area contributed by atoms with Crippen LogP contribution in [-0.2, 0) is 11.3 Å². The number of carbonyl (C=O) groups excluding carboxylic acids is 1. The number of morpholine rings is 1. The number of carbonyl (C=O) groups is 1. The molecule has 3 rings (SSSR count). The van der Waals surface area contributed by atoms with E-state index in [4.69, 9.17) is 9.47 Å². The average Bonchev–Trinajstić information content (AvgIpc) is 2.93. The van der Waals surface area contributed by atoms with E-state index < -0.39 is 0 Å². The van der Waals surface area contributed by atoms with Crippen molar-refractivity contribution in [2.24, 2.45) is 0 Å². The summed E-state index contributed by atoms with van der Waals surface area (Å²) in [6, 6.07) is 7.91. The fourth-order valence-corrected chi connectivity index (χ4v) is 3.93. The molecule has 134 valence electrons. The normalized spacial score (nSPS) is 20.6. The topological polar surface area (TPSA) is 51.7 Å². The van der Waals surface area contributed by atoms with Crippen molar-refractivity contribution in [3.8, 4) is 5.75 Å². The number of thiazole rings is 1. The van der Waals surface area contributed by atoms with Gasteiger partial charge in [0.2, 0.25) is 0 Å². The van der Waals surface area contributed by atoms with Gasteiger partial charge in [-0.15, -0.1) is 11.3 Å². The SMILES string of the molecule is Cc1ccc(OCc2nc(C)c(C(=O)N3CC(C)OC(C)C3)s2)cc1. The van der Waals surface area contributed by atoms with Crippen LogP contribution < -0.4 is 4.74 Å². The van der Waals surface area contributed by atoms with Gasteiger partial charge in [0.25, 0.3) is 5.91 Å². The molecule has 6 heteroatoms. The Morgan fingerprint density at radius 2 is 1.88 bits per heavy atom. The van der Waals surface area contributed by atoms with Crippen molar-refractivity contribution in [1.82, 2.24) is 9.88 Å². The predicted molar refractivity (Wildman–Crippen MR) is 98.3 cm³/mol. The van der Waals surface area contributed by atoms with Gasteiger partial charge in [-0.05, 0) is 39.8 Å². The molecule has 0 saturated carbocycles. The molecule has 0 N–H and O–H groups in total. The maximum atomic E-state index is 12.8. The van der Waals surface area contributed by atoms with Crippen LogP contribution in [0.2, 0.25) is 0 Å². The molecule has 0 bridgehead atoms. The van der Waals surface area contributed by atoms with Gasteiger partial charge in [0, 0.05) is 13.1 Å². The van der Waals surface area contributed by atoms with Gasteiger partial charge >= 0.3 is 0 Å². The Morgan fingerprint density at radius 3 is 2.52 bits per heavy atom.